The molecule has 3 aliphatic rings. The molecule has 9 nitrogen and oxygen atoms in total. The third-order valence-electron chi connectivity index (χ3n) is 7.56. The Kier molecular flexibility index (Phi) is 6.76. The van der Waals surface area contributed by atoms with E-state index in [2.05, 4.69) is 34.9 Å². The lowest BCUT2D eigenvalue weighted by Gasteiger charge is -2.38. The van der Waals surface area contributed by atoms with Gasteiger partial charge in [0.15, 0.2) is 6.29 Å². The number of carbonyl (C=O) groups excluding carboxylic acids is 1. The van der Waals surface area contributed by atoms with Crippen LogP contribution < -0.4 is 22.2 Å². The minimum Gasteiger partial charge on any atom is -0.397 e. The van der Waals surface area contributed by atoms with Gasteiger partial charge in [0, 0.05) is 25.1 Å². The highest BCUT2D eigenvalue weighted by Crippen LogP contribution is 2.32. The van der Waals surface area contributed by atoms with Crippen LogP contribution in [0.5, 0.6) is 0 Å². The highest BCUT2D eigenvalue weighted by Gasteiger charge is 2.36. The van der Waals surface area contributed by atoms with E-state index in [1.165, 1.54) is 11.1 Å². The fraction of sp³-hybridized carbons (Fsp3) is 0.300. The number of nitrogen functional groups attached to an aromatic ring is 1. The Morgan fingerprint density at radius 1 is 1.05 bits per heavy atom. The monoisotopic (exact) mass is 522 g/mol. The Balaban J connectivity index is 1.14. The number of carbonyl (C=O) groups is 1. The summed E-state index contributed by atoms with van der Waals surface area (Å²) in [6.45, 7) is 0.464. The number of nitrogens with one attached hydrogen (secondary N) is 2. The van der Waals surface area contributed by atoms with Crippen molar-refractivity contribution in [3.63, 3.8) is 0 Å². The number of nitrogens with zero attached hydrogens (tertiary/aromatic N) is 4. The van der Waals surface area contributed by atoms with E-state index in [1.54, 1.807) is 29.3 Å². The summed E-state index contributed by atoms with van der Waals surface area (Å²) in [5, 5.41) is 8.09. The smallest absolute Gasteiger partial charge is 0.255 e. The average molecular weight is 523 g/mol. The largest absolute Gasteiger partial charge is 0.397 e. The molecular weight excluding hydrogens is 488 g/mol. The van der Waals surface area contributed by atoms with Crippen LogP contribution in [0.3, 0.4) is 0 Å². The molecule has 1 fully saturated rings. The van der Waals surface area contributed by atoms with E-state index in [1.807, 2.05) is 36.2 Å². The molecule has 0 radical (unpaired) electrons. The SMILES string of the molecule is CN1C(=NC2Cc3ccccc3C2)NC(C2CC2)=NC1N(N)Cc1ccc(C(=O)Nc2ccccc2N)cc1. The molecule has 3 aromatic carbocycles. The molecule has 0 saturated heterocycles. The topological polar surface area (TPSA) is 124 Å². The van der Waals surface area contributed by atoms with E-state index >= 15 is 0 Å². The number of benzene rings is 3. The number of para-hydroxylation sites is 2. The van der Waals surface area contributed by atoms with Gasteiger partial charge in [-0.25, -0.2) is 15.0 Å². The highest BCUT2D eigenvalue weighted by atomic mass is 16.1. The molecule has 6 rings (SSSR count). The van der Waals surface area contributed by atoms with Crippen molar-refractivity contribution in [3.8, 4) is 0 Å². The summed E-state index contributed by atoms with van der Waals surface area (Å²) in [4.78, 5) is 24.8. The van der Waals surface area contributed by atoms with E-state index in [-0.39, 0.29) is 18.2 Å². The number of guanidine groups is 1. The number of amides is 1. The van der Waals surface area contributed by atoms with Crippen LogP contribution in [-0.4, -0.2) is 47.0 Å². The zero-order valence-corrected chi connectivity index (χ0v) is 22.0. The van der Waals surface area contributed by atoms with Crippen LogP contribution in [-0.2, 0) is 19.4 Å². The Morgan fingerprint density at radius 3 is 2.38 bits per heavy atom. The standard InChI is InChI=1S/C30H34N8O/c1-37-29(33-24-16-22-6-2-3-7-23(22)17-24)35-27(20-14-15-20)36-30(37)38(32)18-19-10-12-21(13-11-19)28(39)34-26-9-5-4-8-25(26)31/h2-13,20,24,30H,14-18,31-32H2,1H3,(H,34,39)(H,33,35,36). The molecule has 6 N–H and O–H groups in total. The fourth-order valence-electron chi connectivity index (χ4n) is 5.20. The molecule has 1 unspecified atom stereocenters. The van der Waals surface area contributed by atoms with Crippen molar-refractivity contribution < 1.29 is 4.79 Å². The van der Waals surface area contributed by atoms with Crippen molar-refractivity contribution in [2.45, 2.75) is 44.6 Å². The number of anilines is 2. The maximum absolute atomic E-state index is 12.7. The van der Waals surface area contributed by atoms with Gasteiger partial charge in [0.1, 0.15) is 5.84 Å². The first-order valence-corrected chi connectivity index (χ1v) is 13.4. The van der Waals surface area contributed by atoms with E-state index in [4.69, 9.17) is 21.6 Å². The van der Waals surface area contributed by atoms with Gasteiger partial charge in [0.05, 0.1) is 17.4 Å². The molecule has 1 heterocycles. The number of hydrogen-bond acceptors (Lipinski definition) is 6. The number of rotatable bonds is 7. The first-order valence-electron chi connectivity index (χ1n) is 13.4. The van der Waals surface area contributed by atoms with E-state index < -0.39 is 0 Å². The molecule has 0 spiro atoms. The van der Waals surface area contributed by atoms with Crippen molar-refractivity contribution in [2.24, 2.45) is 21.7 Å². The fourth-order valence-corrected chi connectivity index (χ4v) is 5.20. The number of fused-ring (bicyclic) bond motifs is 1. The van der Waals surface area contributed by atoms with E-state index in [9.17, 15) is 4.79 Å². The molecule has 1 aliphatic heterocycles. The van der Waals surface area contributed by atoms with Crippen LogP contribution >= 0.6 is 0 Å². The third kappa shape index (κ3) is 5.50. The predicted octanol–water partition coefficient (Wildman–Crippen LogP) is 3.35. The number of nitrogens with two attached hydrogens (primary N) is 2. The van der Waals surface area contributed by atoms with Crippen molar-refractivity contribution in [1.29, 1.82) is 0 Å². The quantitative estimate of drug-likeness (QED) is 0.214. The number of hydrogen-bond donors (Lipinski definition) is 4. The van der Waals surface area contributed by atoms with Crippen LogP contribution in [0.1, 0.15) is 39.9 Å². The van der Waals surface area contributed by atoms with Crippen LogP contribution in [0.2, 0.25) is 0 Å². The summed E-state index contributed by atoms with van der Waals surface area (Å²) in [7, 11) is 1.98. The van der Waals surface area contributed by atoms with Gasteiger partial charge in [-0.05, 0) is 66.6 Å². The molecule has 2 aliphatic carbocycles. The summed E-state index contributed by atoms with van der Waals surface area (Å²) in [6.07, 6.45) is 3.77. The van der Waals surface area contributed by atoms with E-state index in [0.29, 0.717) is 29.4 Å². The number of aliphatic imine (C=N–C) groups is 2. The molecule has 0 aromatic heterocycles. The zero-order valence-electron chi connectivity index (χ0n) is 22.0. The lowest BCUT2D eigenvalue weighted by molar-refractivity contribution is 0.0998. The lowest BCUT2D eigenvalue weighted by atomic mass is 10.1. The van der Waals surface area contributed by atoms with Crippen LogP contribution in [0, 0.1) is 5.92 Å². The Hall–Kier alpha value is -4.21. The Bertz CT molecular complexity index is 1400. The predicted molar refractivity (Wildman–Crippen MR) is 155 cm³/mol. The molecule has 39 heavy (non-hydrogen) atoms. The van der Waals surface area contributed by atoms with Crippen LogP contribution in [0.25, 0.3) is 0 Å². The maximum Gasteiger partial charge on any atom is 0.255 e. The molecule has 0 bridgehead atoms. The minimum atomic E-state index is -0.381. The first-order chi connectivity index (χ1) is 18.9. The van der Waals surface area contributed by atoms with Gasteiger partial charge >= 0.3 is 0 Å². The van der Waals surface area contributed by atoms with E-state index in [0.717, 1.165) is 43.0 Å². The van der Waals surface area contributed by atoms with Gasteiger partial charge in [0.2, 0.25) is 5.96 Å². The summed E-state index contributed by atoms with van der Waals surface area (Å²) >= 11 is 0. The summed E-state index contributed by atoms with van der Waals surface area (Å²) in [5.74, 6) is 8.63. The Morgan fingerprint density at radius 2 is 1.72 bits per heavy atom. The van der Waals surface area contributed by atoms with Gasteiger partial charge < -0.3 is 21.3 Å². The van der Waals surface area contributed by atoms with Gasteiger partial charge in [-0.2, -0.15) is 0 Å². The normalized spacial score (nSPS) is 20.1. The van der Waals surface area contributed by atoms with Crippen molar-refractivity contribution in [1.82, 2.24) is 15.2 Å². The second-order valence-electron chi connectivity index (χ2n) is 10.6. The van der Waals surface area contributed by atoms with Crippen molar-refractivity contribution >= 4 is 29.1 Å². The van der Waals surface area contributed by atoms with Crippen LogP contribution in [0.4, 0.5) is 11.4 Å². The number of amidine groups is 1. The van der Waals surface area contributed by atoms with Gasteiger partial charge in [0.25, 0.3) is 5.91 Å². The van der Waals surface area contributed by atoms with Crippen molar-refractivity contribution in [3.05, 3.63) is 95.1 Å². The van der Waals surface area contributed by atoms with Gasteiger partial charge in [-0.1, -0.05) is 48.5 Å². The summed E-state index contributed by atoms with van der Waals surface area (Å²) < 4.78 is 0. The molecule has 9 heteroatoms. The first kappa shape index (κ1) is 25.1. The molecule has 3 aromatic rings. The highest BCUT2D eigenvalue weighted by molar-refractivity contribution is 6.05. The van der Waals surface area contributed by atoms with Gasteiger partial charge in [-0.15, -0.1) is 0 Å². The minimum absolute atomic E-state index is 0.197. The lowest BCUT2D eigenvalue weighted by Crippen LogP contribution is -2.59. The van der Waals surface area contributed by atoms with Gasteiger partial charge in [-0.3, -0.25) is 10.6 Å². The second-order valence-corrected chi connectivity index (χ2v) is 10.6. The third-order valence-corrected chi connectivity index (χ3v) is 7.56. The molecule has 1 saturated carbocycles. The zero-order chi connectivity index (χ0) is 26.9. The molecule has 200 valence electrons. The van der Waals surface area contributed by atoms with Crippen LogP contribution in [0.15, 0.2) is 82.8 Å². The average Bonchev–Trinajstić information content (AvgIpc) is 3.71. The number of hydrazine groups is 1. The molecule has 1 atom stereocenters. The Labute approximate surface area is 228 Å². The second kappa shape index (κ2) is 10.5. The maximum atomic E-state index is 12.7. The summed E-state index contributed by atoms with van der Waals surface area (Å²) in [6, 6.07) is 23.4. The molecule has 1 amide bonds. The van der Waals surface area contributed by atoms with Crippen molar-refractivity contribution in [2.75, 3.05) is 18.1 Å². The molecular formula is C30H34N8O. The summed E-state index contributed by atoms with van der Waals surface area (Å²) in [5.41, 5.74) is 11.4.